The minimum absolute atomic E-state index is 0.122. The third kappa shape index (κ3) is 1.89. The van der Waals surface area contributed by atoms with Crippen LogP contribution in [0.15, 0.2) is 6.07 Å². The van der Waals surface area contributed by atoms with E-state index in [0.29, 0.717) is 0 Å². The fraction of sp³-hybridized carbons (Fsp3) is 0.300. The number of rotatable bonds is 3. The van der Waals surface area contributed by atoms with E-state index in [4.69, 9.17) is 5.26 Å². The first kappa shape index (κ1) is 11.4. The second-order valence-electron chi connectivity index (χ2n) is 2.90. The smallest absolute Gasteiger partial charge is 0.128 e. The van der Waals surface area contributed by atoms with Gasteiger partial charge in [-0.3, -0.25) is 0 Å². The Kier molecular flexibility index (Phi) is 3.56. The van der Waals surface area contributed by atoms with Crippen LogP contribution in [-0.2, 0) is 20.0 Å². The van der Waals surface area contributed by atoms with Gasteiger partial charge in [-0.1, -0.05) is 0 Å². The Bertz CT molecular complexity index is 412. The number of alkyl halides is 3. The van der Waals surface area contributed by atoms with Crippen molar-refractivity contribution >= 4 is 0 Å². The third-order valence-corrected chi connectivity index (χ3v) is 2.13. The molecule has 0 aliphatic rings. The van der Waals surface area contributed by atoms with Gasteiger partial charge in [0.1, 0.15) is 25.8 Å². The lowest BCUT2D eigenvalue weighted by Gasteiger charge is -2.10. The molecule has 0 unspecified atom stereocenters. The first-order chi connectivity index (χ1) is 7.19. The molecule has 15 heavy (non-hydrogen) atoms. The summed E-state index contributed by atoms with van der Waals surface area (Å²) in [4.78, 5) is 0. The van der Waals surface area contributed by atoms with Gasteiger partial charge in [-0.2, -0.15) is 5.26 Å². The van der Waals surface area contributed by atoms with Gasteiger partial charge in [0.15, 0.2) is 0 Å². The molecule has 0 aromatic heterocycles. The molecule has 1 rings (SSSR count). The minimum Gasteiger partial charge on any atom is -0.507 e. The topological polar surface area (TPSA) is 44.0 Å². The predicted octanol–water partition coefficient (Wildman–Crippen LogP) is 2.67. The average Bonchev–Trinajstić information content (AvgIpc) is 2.27. The van der Waals surface area contributed by atoms with E-state index in [1.54, 1.807) is 6.07 Å². The summed E-state index contributed by atoms with van der Waals surface area (Å²) in [6.45, 7) is -3.19. The maximum atomic E-state index is 12.5. The molecule has 0 saturated heterocycles. The van der Waals surface area contributed by atoms with Crippen molar-refractivity contribution in [3.05, 3.63) is 28.3 Å². The summed E-state index contributed by atoms with van der Waals surface area (Å²) in [5.74, 6) is -0.660. The number of hydrogen-bond acceptors (Lipinski definition) is 2. The highest BCUT2D eigenvalue weighted by Crippen LogP contribution is 2.31. The van der Waals surface area contributed by atoms with Crippen molar-refractivity contribution in [3.8, 4) is 11.8 Å². The molecule has 0 spiro atoms. The molecule has 1 aromatic rings. The van der Waals surface area contributed by atoms with E-state index >= 15 is 0 Å². The van der Waals surface area contributed by atoms with Crippen LogP contribution in [0.1, 0.15) is 22.3 Å². The summed E-state index contributed by atoms with van der Waals surface area (Å²) < 4.78 is 37.3. The standard InChI is InChI=1S/C10H8F3NO/c11-2-6-1-7(5-14)9(4-13)10(15)8(6)3-12/h1,15H,2-4H2. The number of halogens is 3. The molecule has 0 amide bonds. The zero-order valence-corrected chi connectivity index (χ0v) is 7.73. The summed E-state index contributed by atoms with van der Waals surface area (Å²) in [6, 6.07) is 2.68. The van der Waals surface area contributed by atoms with Crippen LogP contribution < -0.4 is 0 Å². The Morgan fingerprint density at radius 1 is 1.13 bits per heavy atom. The molecule has 5 heteroatoms. The van der Waals surface area contributed by atoms with Gasteiger partial charge < -0.3 is 5.11 Å². The number of benzene rings is 1. The molecule has 0 aliphatic heterocycles. The van der Waals surface area contributed by atoms with Crippen molar-refractivity contribution in [2.24, 2.45) is 0 Å². The molecule has 0 aliphatic carbocycles. The Balaban J connectivity index is 3.50. The molecule has 80 valence electrons. The molecule has 0 bridgehead atoms. The molecular weight excluding hydrogens is 207 g/mol. The first-order valence-corrected chi connectivity index (χ1v) is 4.14. The molecule has 0 heterocycles. The van der Waals surface area contributed by atoms with Crippen LogP contribution in [0.5, 0.6) is 5.75 Å². The van der Waals surface area contributed by atoms with Gasteiger partial charge in [-0.25, -0.2) is 13.2 Å². The van der Waals surface area contributed by atoms with Crippen molar-refractivity contribution in [3.63, 3.8) is 0 Å². The van der Waals surface area contributed by atoms with Crippen LogP contribution in [0.4, 0.5) is 13.2 Å². The fourth-order valence-electron chi connectivity index (χ4n) is 1.31. The van der Waals surface area contributed by atoms with Gasteiger partial charge in [-0.15, -0.1) is 0 Å². The molecule has 0 radical (unpaired) electrons. The molecule has 1 aromatic carbocycles. The number of hydrogen-bond donors (Lipinski definition) is 1. The molecule has 0 saturated carbocycles. The van der Waals surface area contributed by atoms with Crippen LogP contribution in [0.25, 0.3) is 0 Å². The zero-order chi connectivity index (χ0) is 11.4. The van der Waals surface area contributed by atoms with Crippen molar-refractivity contribution in [1.82, 2.24) is 0 Å². The number of aromatic hydroxyl groups is 1. The van der Waals surface area contributed by atoms with Crippen molar-refractivity contribution in [2.75, 3.05) is 0 Å². The lowest BCUT2D eigenvalue weighted by molar-refractivity contribution is 0.400. The van der Waals surface area contributed by atoms with Crippen LogP contribution in [-0.4, -0.2) is 5.11 Å². The van der Waals surface area contributed by atoms with Gasteiger partial charge in [0.25, 0.3) is 0 Å². The highest BCUT2D eigenvalue weighted by atomic mass is 19.1. The van der Waals surface area contributed by atoms with Crippen LogP contribution in [0, 0.1) is 11.3 Å². The fourth-order valence-corrected chi connectivity index (χ4v) is 1.31. The van der Waals surface area contributed by atoms with Crippen LogP contribution in [0.2, 0.25) is 0 Å². The number of phenols is 1. The molecule has 0 atom stereocenters. The van der Waals surface area contributed by atoms with Crippen LogP contribution >= 0.6 is 0 Å². The van der Waals surface area contributed by atoms with Crippen molar-refractivity contribution in [2.45, 2.75) is 20.0 Å². The third-order valence-electron chi connectivity index (χ3n) is 2.13. The zero-order valence-electron chi connectivity index (χ0n) is 7.73. The maximum Gasteiger partial charge on any atom is 0.128 e. The minimum atomic E-state index is -1.09. The Hall–Kier alpha value is -1.70. The van der Waals surface area contributed by atoms with Gasteiger partial charge in [-0.05, 0) is 11.6 Å². The molecule has 0 fully saturated rings. The number of nitriles is 1. The van der Waals surface area contributed by atoms with E-state index < -0.39 is 25.8 Å². The summed E-state index contributed by atoms with van der Waals surface area (Å²) in [7, 11) is 0. The van der Waals surface area contributed by atoms with Gasteiger partial charge in [0.2, 0.25) is 0 Å². The van der Waals surface area contributed by atoms with Gasteiger partial charge in [0.05, 0.1) is 11.6 Å². The first-order valence-electron chi connectivity index (χ1n) is 4.14. The van der Waals surface area contributed by atoms with E-state index in [0.717, 1.165) is 6.07 Å². The Labute approximate surface area is 84.6 Å². The van der Waals surface area contributed by atoms with Gasteiger partial charge in [0, 0.05) is 11.1 Å². The van der Waals surface area contributed by atoms with E-state index in [9.17, 15) is 18.3 Å². The summed E-state index contributed by atoms with van der Waals surface area (Å²) >= 11 is 0. The van der Waals surface area contributed by atoms with Crippen molar-refractivity contribution in [1.29, 1.82) is 5.26 Å². The molecular formula is C10H8F3NO. The van der Waals surface area contributed by atoms with E-state index in [1.165, 1.54) is 0 Å². The second-order valence-corrected chi connectivity index (χ2v) is 2.90. The SMILES string of the molecule is N#Cc1cc(CF)c(CF)c(O)c1CF. The second kappa shape index (κ2) is 4.69. The number of phenolic OH excluding ortho intramolecular Hbond substituents is 1. The van der Waals surface area contributed by atoms with Crippen LogP contribution in [0.3, 0.4) is 0 Å². The summed E-state index contributed by atoms with van der Waals surface area (Å²) in [5.41, 5.74) is -0.866. The highest BCUT2D eigenvalue weighted by Gasteiger charge is 2.17. The predicted molar refractivity (Wildman–Crippen MR) is 47.3 cm³/mol. The summed E-state index contributed by atoms with van der Waals surface area (Å²) in [6.07, 6.45) is 0. The van der Waals surface area contributed by atoms with E-state index in [2.05, 4.69) is 0 Å². The maximum absolute atomic E-state index is 12.5. The summed E-state index contributed by atoms with van der Waals surface area (Å²) in [5, 5.41) is 18.0. The lowest BCUT2D eigenvalue weighted by atomic mass is 9.99. The Morgan fingerprint density at radius 2 is 1.73 bits per heavy atom. The van der Waals surface area contributed by atoms with Crippen molar-refractivity contribution < 1.29 is 18.3 Å². The Morgan fingerprint density at radius 3 is 2.13 bits per heavy atom. The lowest BCUT2D eigenvalue weighted by Crippen LogP contribution is -1.98. The monoisotopic (exact) mass is 215 g/mol. The van der Waals surface area contributed by atoms with E-state index in [1.807, 2.05) is 0 Å². The van der Waals surface area contributed by atoms with E-state index in [-0.39, 0.29) is 22.3 Å². The van der Waals surface area contributed by atoms with Gasteiger partial charge >= 0.3 is 0 Å². The largest absolute Gasteiger partial charge is 0.507 e. The molecule has 2 nitrogen and oxygen atoms in total. The molecule has 1 N–H and O–H groups in total. The number of nitrogens with zero attached hydrogens (tertiary/aromatic N) is 1. The average molecular weight is 215 g/mol. The quantitative estimate of drug-likeness (QED) is 0.842. The normalized spacial score (nSPS) is 10.0. The highest BCUT2D eigenvalue weighted by molar-refractivity contribution is 5.53.